The van der Waals surface area contributed by atoms with Crippen molar-refractivity contribution in [2.45, 2.75) is 13.3 Å². The summed E-state index contributed by atoms with van der Waals surface area (Å²) in [4.78, 5) is 12.5. The van der Waals surface area contributed by atoms with Crippen LogP contribution in [0.5, 0.6) is 11.5 Å². The second-order valence-corrected chi connectivity index (χ2v) is 5.82. The minimum atomic E-state index is 0.0712. The van der Waals surface area contributed by atoms with Crippen molar-refractivity contribution < 1.29 is 14.3 Å². The van der Waals surface area contributed by atoms with Crippen molar-refractivity contribution in [1.29, 1.82) is 0 Å². The van der Waals surface area contributed by atoms with Gasteiger partial charge >= 0.3 is 0 Å². The van der Waals surface area contributed by atoms with Crippen molar-refractivity contribution in [3.63, 3.8) is 0 Å². The first-order valence-electron chi connectivity index (χ1n) is 8.02. The van der Waals surface area contributed by atoms with Crippen LogP contribution in [0.2, 0.25) is 0 Å². The zero-order valence-electron chi connectivity index (χ0n) is 14.7. The van der Waals surface area contributed by atoms with E-state index in [0.29, 0.717) is 6.42 Å². The lowest BCUT2D eigenvalue weighted by Gasteiger charge is -2.10. The van der Waals surface area contributed by atoms with E-state index in [4.69, 9.17) is 22.1 Å². The average molecular weight is 354 g/mol. The Balaban J connectivity index is 2.50. The third-order valence-electron chi connectivity index (χ3n) is 3.80. The largest absolute Gasteiger partial charge is 0.497 e. The topological polar surface area (TPSA) is 35.5 Å². The molecule has 0 radical (unpaired) electrons. The number of ether oxygens (including phenoxy) is 2. The van der Waals surface area contributed by atoms with Crippen molar-refractivity contribution in [2.24, 2.45) is 0 Å². The molecule has 0 bridgehead atoms. The van der Waals surface area contributed by atoms with Crippen molar-refractivity contribution in [3.8, 4) is 11.5 Å². The quantitative estimate of drug-likeness (QED) is 0.327. The molecule has 2 aromatic carbocycles. The van der Waals surface area contributed by atoms with E-state index < -0.39 is 0 Å². The average Bonchev–Trinajstić information content (AvgIpc) is 2.68. The number of hydrogen-bond acceptors (Lipinski definition) is 4. The fourth-order valence-corrected chi connectivity index (χ4v) is 2.63. The number of hydrogen-bond donors (Lipinski definition) is 1. The highest BCUT2D eigenvalue weighted by Gasteiger charge is 2.08. The number of carbonyl (C=O) groups is 1. The molecule has 0 saturated carbocycles. The Bertz CT molecular complexity index is 772. The molecule has 0 fully saturated rings. The molecule has 0 aliphatic carbocycles. The molecular weight excluding hydrogens is 332 g/mol. The standard InChI is InChI=1S/C21H22O3S/c1-4-17(22)9-14-20(15-5-10-18(23-2)11-6-15)21(25)16-7-12-19(24-3)13-8-16/h5-14,25H,4H2,1-3H3/b14-9+,21-20+. The molecular formula is C21H22O3S. The van der Waals surface area contributed by atoms with Gasteiger partial charge in [0.05, 0.1) is 14.2 Å². The van der Waals surface area contributed by atoms with E-state index >= 15 is 0 Å². The number of thiol groups is 1. The van der Waals surface area contributed by atoms with E-state index in [1.165, 1.54) is 0 Å². The summed E-state index contributed by atoms with van der Waals surface area (Å²) in [5.74, 6) is 1.64. The first kappa shape index (κ1) is 18.9. The summed E-state index contributed by atoms with van der Waals surface area (Å²) in [6.45, 7) is 1.84. The summed E-state index contributed by atoms with van der Waals surface area (Å²) in [5, 5.41) is 0. The lowest BCUT2D eigenvalue weighted by Crippen LogP contribution is -1.91. The number of rotatable bonds is 7. The Morgan fingerprint density at radius 1 is 0.880 bits per heavy atom. The molecule has 2 rings (SSSR count). The zero-order valence-corrected chi connectivity index (χ0v) is 15.5. The Kier molecular flexibility index (Phi) is 6.90. The molecule has 0 aliphatic rings. The monoisotopic (exact) mass is 354 g/mol. The maximum absolute atomic E-state index is 11.7. The van der Waals surface area contributed by atoms with Gasteiger partial charge in [-0.25, -0.2) is 0 Å². The first-order chi connectivity index (χ1) is 12.1. The van der Waals surface area contributed by atoms with E-state index in [-0.39, 0.29) is 5.78 Å². The number of allylic oxidation sites excluding steroid dienone is 3. The molecule has 4 heteroatoms. The predicted octanol–water partition coefficient (Wildman–Crippen LogP) is 5.04. The lowest BCUT2D eigenvalue weighted by atomic mass is 10.0. The molecule has 0 spiro atoms. The maximum Gasteiger partial charge on any atom is 0.155 e. The highest BCUT2D eigenvalue weighted by Crippen LogP contribution is 2.32. The zero-order chi connectivity index (χ0) is 18.2. The smallest absolute Gasteiger partial charge is 0.155 e. The minimum Gasteiger partial charge on any atom is -0.497 e. The summed E-state index contributed by atoms with van der Waals surface area (Å²) in [5.41, 5.74) is 2.78. The van der Waals surface area contributed by atoms with Gasteiger partial charge in [0.25, 0.3) is 0 Å². The van der Waals surface area contributed by atoms with Crippen LogP contribution >= 0.6 is 12.6 Å². The third-order valence-corrected chi connectivity index (χ3v) is 4.30. The third kappa shape index (κ3) is 5.00. The summed E-state index contributed by atoms with van der Waals surface area (Å²) < 4.78 is 10.4. The van der Waals surface area contributed by atoms with Crippen LogP contribution in [0.1, 0.15) is 24.5 Å². The fourth-order valence-electron chi connectivity index (χ4n) is 2.28. The highest BCUT2D eigenvalue weighted by atomic mass is 32.1. The highest BCUT2D eigenvalue weighted by molar-refractivity contribution is 7.90. The Labute approximate surface area is 154 Å². The second kappa shape index (κ2) is 9.14. The van der Waals surface area contributed by atoms with Gasteiger partial charge in [-0.3, -0.25) is 4.79 Å². The van der Waals surface area contributed by atoms with Crippen LogP contribution in [-0.4, -0.2) is 20.0 Å². The molecule has 3 nitrogen and oxygen atoms in total. The summed E-state index contributed by atoms with van der Waals surface area (Å²) >= 11 is 4.72. The van der Waals surface area contributed by atoms with Gasteiger partial charge in [-0.1, -0.05) is 31.2 Å². The van der Waals surface area contributed by atoms with Crippen LogP contribution in [0, 0.1) is 0 Å². The number of ketones is 1. The van der Waals surface area contributed by atoms with Crippen LogP contribution in [0.4, 0.5) is 0 Å². The summed E-state index contributed by atoms with van der Waals surface area (Å²) in [6.07, 6.45) is 3.89. The molecule has 0 N–H and O–H groups in total. The molecule has 0 heterocycles. The van der Waals surface area contributed by atoms with Crippen LogP contribution in [0.3, 0.4) is 0 Å². The number of methoxy groups -OCH3 is 2. The Hall–Kier alpha value is -2.46. The molecule has 0 unspecified atom stereocenters. The first-order valence-corrected chi connectivity index (χ1v) is 8.46. The molecule has 0 saturated heterocycles. The van der Waals surface area contributed by atoms with Gasteiger partial charge in [-0.05, 0) is 53.1 Å². The maximum atomic E-state index is 11.7. The lowest BCUT2D eigenvalue weighted by molar-refractivity contribution is -0.114. The Morgan fingerprint density at radius 3 is 1.80 bits per heavy atom. The van der Waals surface area contributed by atoms with E-state index in [0.717, 1.165) is 33.1 Å². The van der Waals surface area contributed by atoms with Crippen molar-refractivity contribution in [1.82, 2.24) is 0 Å². The van der Waals surface area contributed by atoms with Crippen molar-refractivity contribution in [2.75, 3.05) is 14.2 Å². The predicted molar refractivity (Wildman–Crippen MR) is 106 cm³/mol. The van der Waals surface area contributed by atoms with Gasteiger partial charge in [-0.15, -0.1) is 12.6 Å². The molecule has 130 valence electrons. The van der Waals surface area contributed by atoms with Gasteiger partial charge < -0.3 is 9.47 Å². The van der Waals surface area contributed by atoms with E-state index in [9.17, 15) is 4.79 Å². The van der Waals surface area contributed by atoms with Crippen molar-refractivity contribution in [3.05, 3.63) is 71.8 Å². The number of benzene rings is 2. The van der Waals surface area contributed by atoms with Gasteiger partial charge in [0.2, 0.25) is 0 Å². The second-order valence-electron chi connectivity index (χ2n) is 5.37. The van der Waals surface area contributed by atoms with Gasteiger partial charge in [-0.2, -0.15) is 0 Å². The SMILES string of the molecule is CCC(=O)/C=C/C(=C(\S)c1ccc(OC)cc1)c1ccc(OC)cc1. The minimum absolute atomic E-state index is 0.0712. The van der Waals surface area contributed by atoms with Crippen LogP contribution in [0.15, 0.2) is 60.7 Å². The van der Waals surface area contributed by atoms with Crippen LogP contribution in [-0.2, 0) is 4.79 Å². The van der Waals surface area contributed by atoms with Gasteiger partial charge in [0, 0.05) is 11.3 Å². The van der Waals surface area contributed by atoms with Crippen molar-refractivity contribution >= 4 is 28.9 Å². The van der Waals surface area contributed by atoms with Gasteiger partial charge in [0.1, 0.15) is 11.5 Å². The van der Waals surface area contributed by atoms with Crippen LogP contribution in [0.25, 0.3) is 10.5 Å². The Morgan fingerprint density at radius 2 is 1.36 bits per heavy atom. The summed E-state index contributed by atoms with van der Waals surface area (Å²) in [6, 6.07) is 15.3. The summed E-state index contributed by atoms with van der Waals surface area (Å²) in [7, 11) is 3.27. The molecule has 0 aliphatic heterocycles. The fraction of sp³-hybridized carbons (Fsp3) is 0.190. The molecule has 0 aromatic heterocycles. The van der Waals surface area contributed by atoms with E-state index in [1.807, 2.05) is 61.5 Å². The normalized spacial score (nSPS) is 12.0. The molecule has 25 heavy (non-hydrogen) atoms. The molecule has 0 amide bonds. The van der Waals surface area contributed by atoms with Gasteiger partial charge in [0.15, 0.2) is 5.78 Å². The van der Waals surface area contributed by atoms with Crippen LogP contribution < -0.4 is 9.47 Å². The molecule has 0 atom stereocenters. The number of carbonyl (C=O) groups excluding carboxylic acids is 1. The van der Waals surface area contributed by atoms with E-state index in [2.05, 4.69) is 0 Å². The van der Waals surface area contributed by atoms with E-state index in [1.54, 1.807) is 20.3 Å². The molecule has 2 aromatic rings.